The van der Waals surface area contributed by atoms with Gasteiger partial charge in [0, 0.05) is 19.7 Å². The zero-order chi connectivity index (χ0) is 9.14. The van der Waals surface area contributed by atoms with E-state index in [2.05, 4.69) is 0 Å². The fourth-order valence-electron chi connectivity index (χ4n) is 0.884. The maximum absolute atomic E-state index is 11.3. The lowest BCUT2D eigenvalue weighted by Gasteiger charge is -2.09. The van der Waals surface area contributed by atoms with Gasteiger partial charge in [0.2, 0.25) is 0 Å². The normalized spacial score (nSPS) is 8.14. The van der Waals surface area contributed by atoms with Crippen LogP contribution >= 0.6 is 0 Å². The molecule has 0 heterocycles. The molecule has 0 spiro atoms. The largest absolute Gasteiger partial charge is 0.412 e. The van der Waals surface area contributed by atoms with Crippen LogP contribution in [0, 0.1) is 0 Å². The first-order valence-corrected chi connectivity index (χ1v) is 3.68. The van der Waals surface area contributed by atoms with E-state index in [1.54, 1.807) is 38.4 Å². The van der Waals surface area contributed by atoms with E-state index < -0.39 is 0 Å². The Kier molecular flexibility index (Phi) is 6.69. The Morgan fingerprint density at radius 2 is 1.57 bits per heavy atom. The molecule has 0 saturated heterocycles. The third kappa shape index (κ3) is 3.59. The molecule has 14 heavy (non-hydrogen) atoms. The number of hydrogen-bond donors (Lipinski definition) is 0. The van der Waals surface area contributed by atoms with Crippen molar-refractivity contribution in [1.82, 2.24) is 4.90 Å². The Morgan fingerprint density at radius 3 is 1.93 bits per heavy atom. The summed E-state index contributed by atoms with van der Waals surface area (Å²) in [6, 6.07) is 6.88. The Balaban J connectivity index is 0. The lowest BCUT2D eigenvalue weighted by molar-refractivity contribution is 0.0827. The van der Waals surface area contributed by atoms with Crippen molar-refractivity contribution in [3.8, 4) is 0 Å². The molecule has 76 valence electrons. The highest BCUT2D eigenvalue weighted by Crippen LogP contribution is 1.99. The van der Waals surface area contributed by atoms with Gasteiger partial charge < -0.3 is 15.9 Å². The minimum atomic E-state index is -0.00463. The van der Waals surface area contributed by atoms with Gasteiger partial charge in [0.15, 0.2) is 0 Å². The molecular weight excluding hydrogens is 181 g/mol. The second kappa shape index (κ2) is 6.18. The summed E-state index contributed by atoms with van der Waals surface area (Å²) in [6.07, 6.45) is 0. The monoisotopic (exact) mass is 195 g/mol. The number of benzene rings is 1. The van der Waals surface area contributed by atoms with E-state index in [9.17, 15) is 4.79 Å². The summed E-state index contributed by atoms with van der Waals surface area (Å²) in [5.41, 5.74) is 1.33. The van der Waals surface area contributed by atoms with Crippen LogP contribution in [0.1, 0.15) is 10.4 Å². The molecule has 0 aliphatic carbocycles. The molecule has 2 radical (unpaired) electrons. The third-order valence-electron chi connectivity index (χ3n) is 1.56. The van der Waals surface area contributed by atoms with Crippen molar-refractivity contribution in [2.45, 2.75) is 0 Å². The van der Waals surface area contributed by atoms with Gasteiger partial charge in [0.05, 0.1) is 0 Å². The summed E-state index contributed by atoms with van der Waals surface area (Å²) in [5.74, 6) is -0.00463. The summed E-state index contributed by atoms with van der Waals surface area (Å²) in [7, 11) is 8.92. The molecule has 0 bridgehead atoms. The van der Waals surface area contributed by atoms with Crippen molar-refractivity contribution in [3.05, 3.63) is 29.8 Å². The topological polar surface area (TPSA) is 83.3 Å². The van der Waals surface area contributed by atoms with Crippen molar-refractivity contribution in [2.75, 3.05) is 14.1 Å². The molecule has 4 N–H and O–H groups in total. The highest BCUT2D eigenvalue weighted by molar-refractivity contribution is 6.32. The van der Waals surface area contributed by atoms with Gasteiger partial charge in [-0.3, -0.25) is 4.79 Å². The van der Waals surface area contributed by atoms with Gasteiger partial charge in [-0.05, 0) is 0 Å². The second-order valence-electron chi connectivity index (χ2n) is 2.82. The number of rotatable bonds is 1. The molecule has 0 aliphatic heterocycles. The number of carbonyl (C=O) groups excluding carboxylic acids is 1. The third-order valence-corrected chi connectivity index (χ3v) is 1.56. The molecule has 0 fully saturated rings. The molecule has 0 aliphatic rings. The quantitative estimate of drug-likeness (QED) is 0.503. The van der Waals surface area contributed by atoms with Crippen LogP contribution in [0.2, 0.25) is 0 Å². The zero-order valence-corrected chi connectivity index (χ0v) is 8.24. The van der Waals surface area contributed by atoms with E-state index in [-0.39, 0.29) is 16.9 Å². The SMILES string of the molecule is O.O.[B]c1ccc(C(=O)N(C)C)cc1. The predicted molar refractivity (Wildman–Crippen MR) is 57.1 cm³/mol. The molecule has 1 aromatic rings. The molecule has 0 unspecified atom stereocenters. The molecule has 5 heteroatoms. The maximum atomic E-state index is 11.3. The smallest absolute Gasteiger partial charge is 0.253 e. The lowest BCUT2D eigenvalue weighted by atomic mass is 9.95. The van der Waals surface area contributed by atoms with Crippen LogP contribution in [0.15, 0.2) is 24.3 Å². The Hall–Kier alpha value is -1.33. The number of amides is 1. The van der Waals surface area contributed by atoms with Gasteiger partial charge in [-0.25, -0.2) is 0 Å². The minimum absolute atomic E-state index is 0. The Bertz CT molecular complexity index is 285. The van der Waals surface area contributed by atoms with E-state index in [0.717, 1.165) is 0 Å². The molecule has 1 aromatic carbocycles. The molecule has 4 nitrogen and oxygen atoms in total. The lowest BCUT2D eigenvalue weighted by Crippen LogP contribution is -2.22. The summed E-state index contributed by atoms with van der Waals surface area (Å²) in [5, 5.41) is 0. The van der Waals surface area contributed by atoms with Gasteiger partial charge in [0.25, 0.3) is 5.91 Å². The highest BCUT2D eigenvalue weighted by atomic mass is 16.2. The average Bonchev–Trinajstić information content (AvgIpc) is 2.04. The first-order valence-electron chi connectivity index (χ1n) is 3.68. The second-order valence-corrected chi connectivity index (χ2v) is 2.82. The highest BCUT2D eigenvalue weighted by Gasteiger charge is 2.05. The van der Waals surface area contributed by atoms with E-state index >= 15 is 0 Å². The van der Waals surface area contributed by atoms with E-state index in [1.165, 1.54) is 4.90 Å². The molecule has 1 rings (SSSR count). The standard InChI is InChI=1S/C9H10BNO.2H2O/c1-11(2)9(12)7-3-5-8(10)6-4-7;;/h3-6H,1-2H3;2*1H2. The Morgan fingerprint density at radius 1 is 1.14 bits per heavy atom. The van der Waals surface area contributed by atoms with Crippen LogP contribution in [-0.2, 0) is 0 Å². The average molecular weight is 195 g/mol. The van der Waals surface area contributed by atoms with Crippen molar-refractivity contribution >= 4 is 19.2 Å². The predicted octanol–water partition coefficient (Wildman–Crippen LogP) is -1.47. The van der Waals surface area contributed by atoms with Crippen molar-refractivity contribution < 1.29 is 15.7 Å². The van der Waals surface area contributed by atoms with Crippen LogP contribution in [-0.4, -0.2) is 43.7 Å². The maximum Gasteiger partial charge on any atom is 0.253 e. The van der Waals surface area contributed by atoms with E-state index in [4.69, 9.17) is 7.85 Å². The first-order chi connectivity index (χ1) is 5.61. The van der Waals surface area contributed by atoms with Crippen LogP contribution in [0.25, 0.3) is 0 Å². The molecule has 0 atom stereocenters. The molecular formula is C9H14BNO3. The number of nitrogens with zero attached hydrogens (tertiary/aromatic N) is 1. The molecule has 1 amide bonds. The van der Waals surface area contributed by atoms with E-state index in [0.29, 0.717) is 11.0 Å². The van der Waals surface area contributed by atoms with Crippen molar-refractivity contribution in [1.29, 1.82) is 0 Å². The van der Waals surface area contributed by atoms with Crippen LogP contribution in [0.3, 0.4) is 0 Å². The molecule has 0 aromatic heterocycles. The minimum Gasteiger partial charge on any atom is -0.412 e. The van der Waals surface area contributed by atoms with Gasteiger partial charge in [-0.15, -0.1) is 0 Å². The fourth-order valence-corrected chi connectivity index (χ4v) is 0.884. The van der Waals surface area contributed by atoms with Gasteiger partial charge >= 0.3 is 0 Å². The number of hydrogen-bond acceptors (Lipinski definition) is 1. The van der Waals surface area contributed by atoms with Crippen LogP contribution in [0.4, 0.5) is 0 Å². The van der Waals surface area contributed by atoms with Gasteiger partial charge in [-0.2, -0.15) is 0 Å². The van der Waals surface area contributed by atoms with E-state index in [1.807, 2.05) is 0 Å². The van der Waals surface area contributed by atoms with Gasteiger partial charge in [-0.1, -0.05) is 29.7 Å². The fraction of sp³-hybridized carbons (Fsp3) is 0.222. The summed E-state index contributed by atoms with van der Waals surface area (Å²) >= 11 is 0. The summed E-state index contributed by atoms with van der Waals surface area (Å²) in [6.45, 7) is 0. The Labute approximate surface area is 84.6 Å². The first kappa shape index (κ1) is 15.2. The number of carbonyl (C=O) groups is 1. The molecule has 0 saturated carbocycles. The van der Waals surface area contributed by atoms with Crippen molar-refractivity contribution in [2.24, 2.45) is 0 Å². The summed E-state index contributed by atoms with van der Waals surface area (Å²) in [4.78, 5) is 12.9. The van der Waals surface area contributed by atoms with Gasteiger partial charge in [0.1, 0.15) is 7.85 Å². The van der Waals surface area contributed by atoms with Crippen LogP contribution in [0.5, 0.6) is 0 Å². The summed E-state index contributed by atoms with van der Waals surface area (Å²) < 4.78 is 0. The van der Waals surface area contributed by atoms with Crippen LogP contribution < -0.4 is 5.46 Å². The zero-order valence-electron chi connectivity index (χ0n) is 8.24. The van der Waals surface area contributed by atoms with Crippen molar-refractivity contribution in [3.63, 3.8) is 0 Å².